The fraction of sp³-hybridized carbons (Fsp3) is 0.536. The maximum Gasteiger partial charge on any atom is 0.237 e. The van der Waals surface area contributed by atoms with Gasteiger partial charge in [-0.2, -0.15) is 0 Å². The Morgan fingerprint density at radius 3 is 2.76 bits per heavy atom. The van der Waals surface area contributed by atoms with E-state index in [9.17, 15) is 9.90 Å². The van der Waals surface area contributed by atoms with Gasteiger partial charge in [0.05, 0.1) is 18.7 Å². The molecule has 0 spiro atoms. The molecule has 1 aromatic heterocycles. The van der Waals surface area contributed by atoms with Gasteiger partial charge in [0.2, 0.25) is 5.91 Å². The van der Waals surface area contributed by atoms with E-state index in [1.165, 1.54) is 16.0 Å². The fourth-order valence-electron chi connectivity index (χ4n) is 4.53. The molecule has 0 bridgehead atoms. The average molecular weight is 485 g/mol. The molecular weight excluding hydrogens is 444 g/mol. The maximum absolute atomic E-state index is 13.5. The van der Waals surface area contributed by atoms with Gasteiger partial charge in [0.1, 0.15) is 12.4 Å². The Morgan fingerprint density at radius 1 is 1.32 bits per heavy atom. The first kappa shape index (κ1) is 26.5. The van der Waals surface area contributed by atoms with Crippen molar-refractivity contribution < 1.29 is 14.6 Å². The first-order valence-corrected chi connectivity index (χ1v) is 13.4. The van der Waals surface area contributed by atoms with Gasteiger partial charge >= 0.3 is 0 Å². The molecule has 2 atom stereocenters. The van der Waals surface area contributed by atoms with E-state index < -0.39 is 6.10 Å². The van der Waals surface area contributed by atoms with Crippen LogP contribution < -0.4 is 4.74 Å². The van der Waals surface area contributed by atoms with Gasteiger partial charge in [0, 0.05) is 18.0 Å². The largest absolute Gasteiger partial charge is 0.491 e. The lowest BCUT2D eigenvalue weighted by molar-refractivity contribution is -0.136. The SMILES string of the molecule is C=CCC[C@H](O)CN(CCC)CC(=O)N1CCc2sccc2[C@@H]1COc1ccc(C(C)C)cc1. The molecule has 0 saturated carbocycles. The molecule has 0 unspecified atom stereocenters. The number of thiophene rings is 1. The lowest BCUT2D eigenvalue weighted by Gasteiger charge is -2.37. The molecule has 0 radical (unpaired) electrons. The Morgan fingerprint density at radius 2 is 2.09 bits per heavy atom. The Kier molecular flexibility index (Phi) is 10.2. The topological polar surface area (TPSA) is 53.0 Å². The van der Waals surface area contributed by atoms with Gasteiger partial charge in [0.25, 0.3) is 0 Å². The van der Waals surface area contributed by atoms with E-state index in [1.54, 1.807) is 11.3 Å². The van der Waals surface area contributed by atoms with Crippen LogP contribution in [0, 0.1) is 0 Å². The smallest absolute Gasteiger partial charge is 0.237 e. The van der Waals surface area contributed by atoms with Gasteiger partial charge in [-0.05, 0) is 72.9 Å². The van der Waals surface area contributed by atoms with Gasteiger partial charge in [-0.25, -0.2) is 0 Å². The van der Waals surface area contributed by atoms with Crippen LogP contribution in [0.15, 0.2) is 48.4 Å². The van der Waals surface area contributed by atoms with E-state index in [0.29, 0.717) is 38.6 Å². The van der Waals surface area contributed by atoms with Crippen molar-refractivity contribution >= 4 is 17.2 Å². The van der Waals surface area contributed by atoms with Crippen LogP contribution >= 0.6 is 11.3 Å². The molecule has 1 N–H and O–H groups in total. The number of hydrogen-bond donors (Lipinski definition) is 1. The Bertz CT molecular complexity index is 909. The van der Waals surface area contributed by atoms with Crippen molar-refractivity contribution in [3.63, 3.8) is 0 Å². The zero-order chi connectivity index (χ0) is 24.5. The van der Waals surface area contributed by atoms with Crippen molar-refractivity contribution in [1.29, 1.82) is 0 Å². The van der Waals surface area contributed by atoms with Crippen molar-refractivity contribution in [3.05, 3.63) is 64.4 Å². The number of aliphatic hydroxyl groups excluding tert-OH is 1. The Labute approximate surface area is 209 Å². The van der Waals surface area contributed by atoms with Crippen LogP contribution in [0.3, 0.4) is 0 Å². The zero-order valence-corrected chi connectivity index (χ0v) is 21.7. The number of rotatable bonds is 13. The van der Waals surface area contributed by atoms with E-state index in [0.717, 1.165) is 31.6 Å². The average Bonchev–Trinajstić information content (AvgIpc) is 3.30. The molecule has 1 aliphatic rings. The number of allylic oxidation sites excluding steroid dienone is 1. The molecule has 1 amide bonds. The van der Waals surface area contributed by atoms with Crippen LogP contribution in [-0.4, -0.2) is 59.7 Å². The summed E-state index contributed by atoms with van der Waals surface area (Å²) in [5.74, 6) is 1.41. The predicted molar refractivity (Wildman–Crippen MR) is 141 cm³/mol. The second-order valence-corrected chi connectivity index (χ2v) is 10.4. The van der Waals surface area contributed by atoms with E-state index in [1.807, 2.05) is 23.1 Å². The second kappa shape index (κ2) is 13.1. The summed E-state index contributed by atoms with van der Waals surface area (Å²) in [4.78, 5) is 18.9. The summed E-state index contributed by atoms with van der Waals surface area (Å²) >= 11 is 1.76. The highest BCUT2D eigenvalue weighted by Gasteiger charge is 2.33. The number of carbonyl (C=O) groups is 1. The summed E-state index contributed by atoms with van der Waals surface area (Å²) in [5, 5.41) is 12.5. The molecule has 3 rings (SSSR count). The molecule has 2 aromatic rings. The van der Waals surface area contributed by atoms with Crippen LogP contribution in [0.1, 0.15) is 68.0 Å². The molecule has 0 aliphatic carbocycles. The Hall–Kier alpha value is -2.15. The van der Waals surface area contributed by atoms with Crippen LogP contribution in [-0.2, 0) is 11.2 Å². The second-order valence-electron chi connectivity index (χ2n) is 9.44. The minimum absolute atomic E-state index is 0.0959. The van der Waals surface area contributed by atoms with Gasteiger partial charge < -0.3 is 14.7 Å². The summed E-state index contributed by atoms with van der Waals surface area (Å²) in [6.07, 6.45) is 4.65. The standard InChI is InChI=1S/C28H40N2O3S/c1-5-7-8-23(31)18-29(15-6-2)19-28(32)30-16-13-27-25(14-17-34-27)26(30)20-33-24-11-9-22(10-12-24)21(3)4/h5,9-12,14,17,21,23,26,31H,1,6-8,13,15-16,18-20H2,2-4H3/t23-,26-/m0/s1. The molecule has 186 valence electrons. The van der Waals surface area contributed by atoms with Gasteiger partial charge in [-0.3, -0.25) is 9.69 Å². The summed E-state index contributed by atoms with van der Waals surface area (Å²) in [7, 11) is 0. The normalized spacial score (nSPS) is 16.5. The third-order valence-electron chi connectivity index (χ3n) is 6.44. The monoisotopic (exact) mass is 484 g/mol. The maximum atomic E-state index is 13.5. The highest BCUT2D eigenvalue weighted by Crippen LogP contribution is 2.34. The molecule has 5 nitrogen and oxygen atoms in total. The predicted octanol–water partition coefficient (Wildman–Crippen LogP) is 5.42. The van der Waals surface area contributed by atoms with E-state index >= 15 is 0 Å². The first-order valence-electron chi connectivity index (χ1n) is 12.5. The molecule has 34 heavy (non-hydrogen) atoms. The number of benzene rings is 1. The van der Waals surface area contributed by atoms with Gasteiger partial charge in [-0.15, -0.1) is 17.9 Å². The lowest BCUT2D eigenvalue weighted by atomic mass is 10.00. The number of nitrogens with zero attached hydrogens (tertiary/aromatic N) is 2. The quantitative estimate of drug-likeness (QED) is 0.386. The number of aliphatic hydroxyl groups is 1. The molecular formula is C28H40N2O3S. The highest BCUT2D eigenvalue weighted by atomic mass is 32.1. The summed E-state index contributed by atoms with van der Waals surface area (Å²) in [6, 6.07) is 10.3. The molecule has 2 heterocycles. The number of amides is 1. The molecule has 1 aliphatic heterocycles. The summed E-state index contributed by atoms with van der Waals surface area (Å²) in [6.45, 7) is 13.0. The zero-order valence-electron chi connectivity index (χ0n) is 20.9. The molecule has 0 fully saturated rings. The van der Waals surface area contributed by atoms with Crippen LogP contribution in [0.4, 0.5) is 0 Å². The third kappa shape index (κ3) is 7.17. The molecule has 6 heteroatoms. The van der Waals surface area contributed by atoms with Crippen molar-refractivity contribution in [2.45, 2.75) is 64.5 Å². The number of fused-ring (bicyclic) bond motifs is 1. The molecule has 0 saturated heterocycles. The van der Waals surface area contributed by atoms with Gasteiger partial charge in [0.15, 0.2) is 0 Å². The van der Waals surface area contributed by atoms with Crippen LogP contribution in [0.25, 0.3) is 0 Å². The van der Waals surface area contributed by atoms with Gasteiger partial charge in [-0.1, -0.05) is 39.0 Å². The first-order chi connectivity index (χ1) is 16.4. The number of ether oxygens (including phenoxy) is 1. The Balaban J connectivity index is 1.69. The fourth-order valence-corrected chi connectivity index (χ4v) is 5.46. The van der Waals surface area contributed by atoms with E-state index in [2.05, 4.69) is 55.8 Å². The highest BCUT2D eigenvalue weighted by molar-refractivity contribution is 7.10. The summed E-state index contributed by atoms with van der Waals surface area (Å²) < 4.78 is 6.20. The summed E-state index contributed by atoms with van der Waals surface area (Å²) in [5.41, 5.74) is 2.49. The van der Waals surface area contributed by atoms with Crippen molar-refractivity contribution in [3.8, 4) is 5.75 Å². The van der Waals surface area contributed by atoms with Crippen molar-refractivity contribution in [2.24, 2.45) is 0 Å². The van der Waals surface area contributed by atoms with E-state index in [4.69, 9.17) is 4.74 Å². The van der Waals surface area contributed by atoms with Crippen molar-refractivity contribution in [1.82, 2.24) is 9.80 Å². The van der Waals surface area contributed by atoms with E-state index in [-0.39, 0.29) is 11.9 Å². The number of hydrogen-bond acceptors (Lipinski definition) is 5. The third-order valence-corrected chi connectivity index (χ3v) is 7.44. The number of carbonyl (C=O) groups excluding carboxylic acids is 1. The lowest BCUT2D eigenvalue weighted by Crippen LogP contribution is -2.47. The minimum atomic E-state index is -0.449. The van der Waals surface area contributed by atoms with Crippen LogP contribution in [0.5, 0.6) is 5.75 Å². The van der Waals surface area contributed by atoms with Crippen molar-refractivity contribution in [2.75, 3.05) is 32.8 Å². The van der Waals surface area contributed by atoms with Crippen LogP contribution in [0.2, 0.25) is 0 Å². The molecule has 1 aromatic carbocycles. The minimum Gasteiger partial charge on any atom is -0.491 e.